The third-order valence-electron chi connectivity index (χ3n) is 3.17. The molecule has 2 atom stereocenters. The third-order valence-corrected chi connectivity index (χ3v) is 3.17. The lowest BCUT2D eigenvalue weighted by atomic mass is 9.88. The van der Waals surface area contributed by atoms with E-state index in [1.165, 1.54) is 19.2 Å². The molecule has 2 rings (SSSR count). The molecule has 0 spiro atoms. The lowest BCUT2D eigenvalue weighted by Crippen LogP contribution is -2.28. The highest BCUT2D eigenvalue weighted by Gasteiger charge is 2.41. The fraction of sp³-hybridized carbons (Fsp3) is 0.385. The molecular formula is C13H13F2NO4. The molecule has 1 aromatic carbocycles. The second-order valence-corrected chi connectivity index (χ2v) is 4.30. The van der Waals surface area contributed by atoms with E-state index in [0.717, 1.165) is 0 Å². The maximum Gasteiger partial charge on any atom is 0.387 e. The second-order valence-electron chi connectivity index (χ2n) is 4.30. The predicted molar refractivity (Wildman–Crippen MR) is 64.3 cm³/mol. The van der Waals surface area contributed by atoms with Gasteiger partial charge in [0.2, 0.25) is 5.91 Å². The lowest BCUT2D eigenvalue weighted by Gasteiger charge is -2.15. The summed E-state index contributed by atoms with van der Waals surface area (Å²) in [6, 6.07) is 5.86. The van der Waals surface area contributed by atoms with E-state index >= 15 is 0 Å². The summed E-state index contributed by atoms with van der Waals surface area (Å²) in [6.07, 6.45) is 0. The Morgan fingerprint density at radius 3 is 2.55 bits per heavy atom. The zero-order valence-electron chi connectivity index (χ0n) is 10.6. The van der Waals surface area contributed by atoms with Gasteiger partial charge >= 0.3 is 12.6 Å². The first-order valence-corrected chi connectivity index (χ1v) is 5.93. The molecule has 1 amide bonds. The summed E-state index contributed by atoms with van der Waals surface area (Å²) in [5.74, 6) is -2.28. The molecule has 1 aliphatic heterocycles. The number of hydrogen-bond acceptors (Lipinski definition) is 4. The number of alkyl halides is 2. The number of nitrogens with one attached hydrogen (secondary N) is 1. The number of carbonyl (C=O) groups excluding carboxylic acids is 2. The minimum Gasteiger partial charge on any atom is -0.468 e. The molecule has 1 aliphatic rings. The number of ether oxygens (including phenoxy) is 2. The molecule has 20 heavy (non-hydrogen) atoms. The highest BCUT2D eigenvalue weighted by Crippen LogP contribution is 2.31. The normalized spacial score (nSPS) is 21.7. The van der Waals surface area contributed by atoms with Crippen LogP contribution >= 0.6 is 0 Å². The topological polar surface area (TPSA) is 64.6 Å². The lowest BCUT2D eigenvalue weighted by molar-refractivity contribution is -0.149. The number of methoxy groups -OCH3 is 1. The van der Waals surface area contributed by atoms with Crippen molar-refractivity contribution < 1.29 is 27.8 Å². The van der Waals surface area contributed by atoms with E-state index in [0.29, 0.717) is 12.1 Å². The summed E-state index contributed by atoms with van der Waals surface area (Å²) in [4.78, 5) is 23.2. The Hall–Kier alpha value is -2.18. The van der Waals surface area contributed by atoms with Crippen molar-refractivity contribution in [2.45, 2.75) is 12.5 Å². The summed E-state index contributed by atoms with van der Waals surface area (Å²) in [5, 5.41) is 2.59. The summed E-state index contributed by atoms with van der Waals surface area (Å²) < 4.78 is 32.9. The first-order chi connectivity index (χ1) is 9.52. The number of esters is 1. The van der Waals surface area contributed by atoms with Gasteiger partial charge in [-0.2, -0.15) is 8.78 Å². The van der Waals surface area contributed by atoms with Crippen LogP contribution < -0.4 is 10.1 Å². The van der Waals surface area contributed by atoms with E-state index < -0.39 is 24.4 Å². The van der Waals surface area contributed by atoms with E-state index in [1.54, 1.807) is 12.1 Å². The molecule has 0 aromatic heterocycles. The van der Waals surface area contributed by atoms with Crippen LogP contribution in [-0.2, 0) is 14.3 Å². The van der Waals surface area contributed by atoms with Crippen molar-refractivity contribution in [1.82, 2.24) is 5.32 Å². The molecule has 1 N–H and O–H groups in total. The van der Waals surface area contributed by atoms with Gasteiger partial charge in [-0.3, -0.25) is 9.59 Å². The van der Waals surface area contributed by atoms with E-state index in [9.17, 15) is 18.4 Å². The Bertz CT molecular complexity index is 504. The number of amides is 1. The van der Waals surface area contributed by atoms with Crippen LogP contribution in [-0.4, -0.2) is 32.1 Å². The Morgan fingerprint density at radius 1 is 1.35 bits per heavy atom. The maximum atomic E-state index is 12.0. The quantitative estimate of drug-likeness (QED) is 0.669. The van der Waals surface area contributed by atoms with Gasteiger partial charge in [-0.25, -0.2) is 0 Å². The van der Waals surface area contributed by atoms with Gasteiger partial charge in [-0.05, 0) is 17.7 Å². The van der Waals surface area contributed by atoms with Crippen molar-refractivity contribution in [1.29, 1.82) is 0 Å². The number of hydrogen-bond donors (Lipinski definition) is 1. The molecule has 0 radical (unpaired) electrons. The van der Waals surface area contributed by atoms with Gasteiger partial charge in [0, 0.05) is 12.5 Å². The van der Waals surface area contributed by atoms with Crippen LogP contribution in [0.3, 0.4) is 0 Å². The van der Waals surface area contributed by atoms with Crippen molar-refractivity contribution in [3.8, 4) is 5.75 Å². The van der Waals surface area contributed by atoms with Crippen LogP contribution in [0.15, 0.2) is 24.3 Å². The molecule has 2 unspecified atom stereocenters. The molecule has 1 saturated heterocycles. The molecule has 7 heteroatoms. The van der Waals surface area contributed by atoms with Crippen molar-refractivity contribution >= 4 is 11.9 Å². The molecule has 0 saturated carbocycles. The van der Waals surface area contributed by atoms with Crippen molar-refractivity contribution in [2.75, 3.05) is 13.7 Å². The summed E-state index contributed by atoms with van der Waals surface area (Å²) >= 11 is 0. The highest BCUT2D eigenvalue weighted by atomic mass is 19.3. The molecule has 1 aromatic rings. The smallest absolute Gasteiger partial charge is 0.387 e. The average molecular weight is 285 g/mol. The molecule has 0 bridgehead atoms. The predicted octanol–water partition coefficient (Wildman–Crippen LogP) is 1.29. The first kappa shape index (κ1) is 14.2. The number of rotatable bonds is 4. The van der Waals surface area contributed by atoms with Crippen LogP contribution in [0.5, 0.6) is 5.75 Å². The van der Waals surface area contributed by atoms with Gasteiger partial charge in [0.15, 0.2) is 0 Å². The minimum absolute atomic E-state index is 0.0238. The monoisotopic (exact) mass is 285 g/mol. The van der Waals surface area contributed by atoms with Crippen molar-refractivity contribution in [2.24, 2.45) is 5.92 Å². The van der Waals surface area contributed by atoms with Crippen LogP contribution in [0.4, 0.5) is 8.78 Å². The third kappa shape index (κ3) is 2.87. The number of halogens is 2. The summed E-state index contributed by atoms with van der Waals surface area (Å²) in [6.45, 7) is -2.59. The first-order valence-electron chi connectivity index (χ1n) is 5.93. The molecule has 0 aliphatic carbocycles. The largest absolute Gasteiger partial charge is 0.468 e. The van der Waals surface area contributed by atoms with Gasteiger partial charge in [-0.15, -0.1) is 0 Å². The van der Waals surface area contributed by atoms with Crippen molar-refractivity contribution in [3.63, 3.8) is 0 Å². The van der Waals surface area contributed by atoms with Gasteiger partial charge < -0.3 is 14.8 Å². The van der Waals surface area contributed by atoms with Gasteiger partial charge in [0.1, 0.15) is 11.7 Å². The van der Waals surface area contributed by atoms with Gasteiger partial charge in [0.05, 0.1) is 7.11 Å². The standard InChI is InChI=1S/C13H13F2NO4/c1-19-12(18)10-9(6-16-11(10)17)7-2-4-8(5-3-7)20-13(14)15/h2-5,9-10,13H,6H2,1H3,(H,16,17). The Morgan fingerprint density at radius 2 is 2.00 bits per heavy atom. The van der Waals surface area contributed by atoms with Crippen LogP contribution in [0.25, 0.3) is 0 Å². The molecule has 1 fully saturated rings. The molecular weight excluding hydrogens is 272 g/mol. The zero-order valence-corrected chi connectivity index (χ0v) is 10.6. The van der Waals surface area contributed by atoms with Gasteiger partial charge in [0.25, 0.3) is 0 Å². The Kier molecular flexibility index (Phi) is 4.16. The van der Waals surface area contributed by atoms with Gasteiger partial charge in [-0.1, -0.05) is 12.1 Å². The van der Waals surface area contributed by atoms with E-state index in [4.69, 9.17) is 0 Å². The van der Waals surface area contributed by atoms with E-state index in [-0.39, 0.29) is 11.7 Å². The zero-order chi connectivity index (χ0) is 14.7. The average Bonchev–Trinajstić information content (AvgIpc) is 2.80. The number of benzene rings is 1. The highest BCUT2D eigenvalue weighted by molar-refractivity contribution is 6.00. The second kappa shape index (κ2) is 5.85. The fourth-order valence-corrected chi connectivity index (χ4v) is 2.23. The SMILES string of the molecule is COC(=O)C1C(=O)NCC1c1ccc(OC(F)F)cc1. The molecule has 5 nitrogen and oxygen atoms in total. The molecule has 108 valence electrons. The summed E-state index contributed by atoms with van der Waals surface area (Å²) in [7, 11) is 1.21. The summed E-state index contributed by atoms with van der Waals surface area (Å²) in [5.41, 5.74) is 0.681. The Balaban J connectivity index is 2.18. The Labute approximate surface area is 113 Å². The van der Waals surface area contributed by atoms with E-state index in [1.807, 2.05) is 0 Å². The van der Waals surface area contributed by atoms with Crippen molar-refractivity contribution in [3.05, 3.63) is 29.8 Å². The fourth-order valence-electron chi connectivity index (χ4n) is 2.23. The minimum atomic E-state index is -2.89. The van der Waals surface area contributed by atoms with Crippen LogP contribution in [0, 0.1) is 5.92 Å². The van der Waals surface area contributed by atoms with E-state index in [2.05, 4.69) is 14.8 Å². The van der Waals surface area contributed by atoms with Crippen LogP contribution in [0.1, 0.15) is 11.5 Å². The molecule has 1 heterocycles. The maximum absolute atomic E-state index is 12.0. The van der Waals surface area contributed by atoms with Crippen LogP contribution in [0.2, 0.25) is 0 Å². The number of carbonyl (C=O) groups is 2.